The molecule has 0 saturated carbocycles. The number of nitrogens with two attached hydrogens (primary N) is 1. The zero-order valence-corrected chi connectivity index (χ0v) is 11.1. The minimum atomic E-state index is 0.229. The molecule has 0 fully saturated rings. The smallest absolute Gasteiger partial charge is 0.129 e. The highest BCUT2D eigenvalue weighted by molar-refractivity contribution is 5.49. The summed E-state index contributed by atoms with van der Waals surface area (Å²) in [5.41, 5.74) is 8.43. The fourth-order valence-corrected chi connectivity index (χ4v) is 1.96. The first-order valence-electron chi connectivity index (χ1n) is 6.00. The lowest BCUT2D eigenvalue weighted by atomic mass is 10.0. The minimum Gasteiger partial charge on any atom is -0.360 e. The maximum Gasteiger partial charge on any atom is 0.129 e. The predicted molar refractivity (Wildman–Crippen MR) is 68.9 cm³/mol. The van der Waals surface area contributed by atoms with Gasteiger partial charge in [0.25, 0.3) is 0 Å². The van der Waals surface area contributed by atoms with E-state index >= 15 is 0 Å². The van der Waals surface area contributed by atoms with E-state index in [1.165, 1.54) is 11.4 Å². The van der Waals surface area contributed by atoms with Gasteiger partial charge >= 0.3 is 0 Å². The molecule has 4 heteroatoms. The van der Waals surface area contributed by atoms with Crippen LogP contribution in [0.5, 0.6) is 0 Å². The van der Waals surface area contributed by atoms with Crippen molar-refractivity contribution in [3.8, 4) is 0 Å². The summed E-state index contributed by atoms with van der Waals surface area (Å²) in [6.45, 7) is 7.31. The number of rotatable bonds is 5. The van der Waals surface area contributed by atoms with E-state index in [2.05, 4.69) is 37.8 Å². The van der Waals surface area contributed by atoms with Crippen molar-refractivity contribution in [2.75, 3.05) is 18.5 Å². The molecule has 1 rings (SSSR count). The van der Waals surface area contributed by atoms with Crippen LogP contribution in [0, 0.1) is 6.92 Å². The summed E-state index contributed by atoms with van der Waals surface area (Å²) in [5, 5.41) is 4.49. The van der Waals surface area contributed by atoms with Crippen molar-refractivity contribution in [2.45, 2.75) is 39.7 Å². The average molecular weight is 224 g/mol. The van der Waals surface area contributed by atoms with Crippen LogP contribution in [0.1, 0.15) is 31.5 Å². The van der Waals surface area contributed by atoms with Gasteiger partial charge in [0.2, 0.25) is 0 Å². The van der Waals surface area contributed by atoms with Crippen molar-refractivity contribution in [3.63, 3.8) is 0 Å². The first kappa shape index (κ1) is 13.0. The third-order valence-electron chi connectivity index (χ3n) is 3.14. The molecule has 0 aliphatic heterocycles. The fourth-order valence-electron chi connectivity index (χ4n) is 1.96. The van der Waals surface area contributed by atoms with Crippen molar-refractivity contribution < 1.29 is 0 Å². The molecular weight excluding hydrogens is 200 g/mol. The largest absolute Gasteiger partial charge is 0.360 e. The van der Waals surface area contributed by atoms with Gasteiger partial charge in [0.15, 0.2) is 0 Å². The minimum absolute atomic E-state index is 0.229. The Morgan fingerprint density at radius 2 is 2.06 bits per heavy atom. The van der Waals surface area contributed by atoms with Gasteiger partial charge < -0.3 is 10.6 Å². The molecule has 0 aromatic carbocycles. The normalized spacial score (nSPS) is 12.9. The average Bonchev–Trinajstić information content (AvgIpc) is 2.53. The Bertz CT molecular complexity index is 343. The Hall–Kier alpha value is -1.03. The SMILES string of the molecule is CCC(N)Cc1c(C)nn(C)c1N(C)CC. The second kappa shape index (κ2) is 5.34. The molecule has 0 bridgehead atoms. The summed E-state index contributed by atoms with van der Waals surface area (Å²) in [6.07, 6.45) is 1.92. The third kappa shape index (κ3) is 2.55. The molecule has 0 saturated heterocycles. The lowest BCUT2D eigenvalue weighted by Crippen LogP contribution is -2.25. The van der Waals surface area contributed by atoms with E-state index in [-0.39, 0.29) is 6.04 Å². The molecule has 1 aromatic rings. The molecule has 92 valence electrons. The number of anilines is 1. The molecule has 0 aliphatic rings. The fraction of sp³-hybridized carbons (Fsp3) is 0.750. The maximum absolute atomic E-state index is 6.04. The van der Waals surface area contributed by atoms with Crippen molar-refractivity contribution in [1.29, 1.82) is 0 Å². The van der Waals surface area contributed by atoms with Gasteiger partial charge in [-0.25, -0.2) is 0 Å². The Morgan fingerprint density at radius 1 is 1.44 bits per heavy atom. The molecule has 2 N–H and O–H groups in total. The maximum atomic E-state index is 6.04. The van der Waals surface area contributed by atoms with Crippen LogP contribution >= 0.6 is 0 Å². The second-order valence-corrected chi connectivity index (χ2v) is 4.40. The Morgan fingerprint density at radius 3 is 2.56 bits per heavy atom. The van der Waals surface area contributed by atoms with Gasteiger partial charge in [-0.2, -0.15) is 5.10 Å². The molecule has 1 unspecified atom stereocenters. The molecule has 1 aromatic heterocycles. The van der Waals surface area contributed by atoms with E-state index in [9.17, 15) is 0 Å². The van der Waals surface area contributed by atoms with Gasteiger partial charge in [-0.1, -0.05) is 6.92 Å². The molecule has 0 aliphatic carbocycles. The first-order chi connectivity index (χ1) is 7.51. The number of aryl methyl sites for hydroxylation is 2. The first-order valence-corrected chi connectivity index (χ1v) is 6.00. The van der Waals surface area contributed by atoms with Crippen LogP contribution in [0.15, 0.2) is 0 Å². The van der Waals surface area contributed by atoms with E-state index in [4.69, 9.17) is 5.73 Å². The lowest BCUT2D eigenvalue weighted by molar-refractivity contribution is 0.643. The molecule has 16 heavy (non-hydrogen) atoms. The van der Waals surface area contributed by atoms with Crippen LogP contribution < -0.4 is 10.6 Å². The number of aromatic nitrogens is 2. The van der Waals surface area contributed by atoms with Crippen LogP contribution in [0.25, 0.3) is 0 Å². The van der Waals surface area contributed by atoms with Crippen molar-refractivity contribution in [2.24, 2.45) is 12.8 Å². The topological polar surface area (TPSA) is 47.1 Å². The molecule has 4 nitrogen and oxygen atoms in total. The Labute approximate surface area is 98.4 Å². The summed E-state index contributed by atoms with van der Waals surface area (Å²) in [4.78, 5) is 2.22. The molecule has 0 spiro atoms. The van der Waals surface area contributed by atoms with Crippen LogP contribution in [-0.2, 0) is 13.5 Å². The third-order valence-corrected chi connectivity index (χ3v) is 3.14. The van der Waals surface area contributed by atoms with Crippen molar-refractivity contribution >= 4 is 5.82 Å². The van der Waals surface area contributed by atoms with Gasteiger partial charge in [0.1, 0.15) is 5.82 Å². The molecule has 1 atom stereocenters. The lowest BCUT2D eigenvalue weighted by Gasteiger charge is -2.20. The number of hydrogen-bond donors (Lipinski definition) is 1. The van der Waals surface area contributed by atoms with E-state index < -0.39 is 0 Å². The van der Waals surface area contributed by atoms with Crippen LogP contribution in [0.3, 0.4) is 0 Å². The summed E-state index contributed by atoms with van der Waals surface area (Å²) in [5.74, 6) is 1.20. The highest BCUT2D eigenvalue weighted by Gasteiger charge is 2.17. The highest BCUT2D eigenvalue weighted by atomic mass is 15.4. The standard InChI is InChI=1S/C12H24N4/c1-6-10(13)8-11-9(3)14-16(5)12(11)15(4)7-2/h10H,6-8,13H2,1-5H3. The van der Waals surface area contributed by atoms with Gasteiger partial charge in [-0.3, -0.25) is 4.68 Å². The quantitative estimate of drug-likeness (QED) is 0.824. The Kier molecular flexibility index (Phi) is 4.35. The summed E-state index contributed by atoms with van der Waals surface area (Å²) in [6, 6.07) is 0.229. The molecule has 1 heterocycles. The van der Waals surface area contributed by atoms with Crippen LogP contribution in [0.2, 0.25) is 0 Å². The number of nitrogens with zero attached hydrogens (tertiary/aromatic N) is 3. The zero-order chi connectivity index (χ0) is 12.3. The van der Waals surface area contributed by atoms with Gasteiger partial charge in [0, 0.05) is 32.2 Å². The molecule has 0 amide bonds. The van der Waals surface area contributed by atoms with Crippen LogP contribution in [-0.4, -0.2) is 29.4 Å². The Balaban J connectivity index is 3.05. The second-order valence-electron chi connectivity index (χ2n) is 4.40. The summed E-state index contributed by atoms with van der Waals surface area (Å²) >= 11 is 0. The van der Waals surface area contributed by atoms with Gasteiger partial charge in [0.05, 0.1) is 5.69 Å². The van der Waals surface area contributed by atoms with Gasteiger partial charge in [-0.15, -0.1) is 0 Å². The van der Waals surface area contributed by atoms with Crippen molar-refractivity contribution in [1.82, 2.24) is 9.78 Å². The van der Waals surface area contributed by atoms with E-state index in [1.54, 1.807) is 0 Å². The van der Waals surface area contributed by atoms with E-state index in [0.29, 0.717) is 0 Å². The monoisotopic (exact) mass is 224 g/mol. The summed E-state index contributed by atoms with van der Waals surface area (Å²) in [7, 11) is 4.09. The number of hydrogen-bond acceptors (Lipinski definition) is 3. The molecular formula is C12H24N4. The molecule has 0 radical (unpaired) electrons. The predicted octanol–water partition coefficient (Wildman–Crippen LogP) is 1.46. The van der Waals surface area contributed by atoms with Crippen LogP contribution in [0.4, 0.5) is 5.82 Å². The van der Waals surface area contributed by atoms with Gasteiger partial charge in [-0.05, 0) is 26.7 Å². The van der Waals surface area contributed by atoms with E-state index in [1.807, 2.05) is 11.7 Å². The summed E-state index contributed by atoms with van der Waals surface area (Å²) < 4.78 is 1.95. The van der Waals surface area contributed by atoms with Crippen molar-refractivity contribution in [3.05, 3.63) is 11.3 Å². The zero-order valence-electron chi connectivity index (χ0n) is 11.1. The van der Waals surface area contributed by atoms with E-state index in [0.717, 1.165) is 25.1 Å². The highest BCUT2D eigenvalue weighted by Crippen LogP contribution is 2.23.